The first kappa shape index (κ1) is 17.8. The average molecular weight is 354 g/mol. The molecule has 1 atom stereocenters. The van der Waals surface area contributed by atoms with Gasteiger partial charge in [0, 0.05) is 18.8 Å². The van der Waals surface area contributed by atoms with Gasteiger partial charge in [-0.2, -0.15) is 0 Å². The number of hydrogen-bond donors (Lipinski definition) is 2. The van der Waals surface area contributed by atoms with Gasteiger partial charge in [-0.1, -0.05) is 12.1 Å². The summed E-state index contributed by atoms with van der Waals surface area (Å²) in [5.41, 5.74) is 1.17. The fourth-order valence-electron chi connectivity index (χ4n) is 3.09. The van der Waals surface area contributed by atoms with Crippen LogP contribution in [-0.4, -0.2) is 42.1 Å². The van der Waals surface area contributed by atoms with E-state index in [9.17, 15) is 14.7 Å². The maximum Gasteiger partial charge on any atom is 0.311 e. The zero-order chi connectivity index (χ0) is 18.7. The van der Waals surface area contributed by atoms with Gasteiger partial charge in [0.25, 0.3) is 5.91 Å². The molecule has 136 valence electrons. The number of amides is 1. The molecule has 2 aromatic rings. The number of nitrogens with one attached hydrogen (secondary N) is 1. The topological polar surface area (TPSA) is 78.9 Å². The van der Waals surface area contributed by atoms with E-state index in [2.05, 4.69) is 5.32 Å². The van der Waals surface area contributed by atoms with Crippen molar-refractivity contribution in [2.75, 3.05) is 25.5 Å². The maximum atomic E-state index is 12.9. The summed E-state index contributed by atoms with van der Waals surface area (Å²) in [7, 11) is 1.61. The molecular formula is C20H22N2O4. The van der Waals surface area contributed by atoms with Crippen LogP contribution in [0.5, 0.6) is 5.75 Å². The van der Waals surface area contributed by atoms with Crippen molar-refractivity contribution in [2.24, 2.45) is 5.41 Å². The Morgan fingerprint density at radius 3 is 2.46 bits per heavy atom. The normalized spacial score (nSPS) is 19.2. The van der Waals surface area contributed by atoms with Gasteiger partial charge in [-0.25, -0.2) is 0 Å². The Bertz CT molecular complexity index is 819. The number of carboxylic acid groups (broad SMARTS) is 1. The minimum absolute atomic E-state index is 0.161. The Morgan fingerprint density at radius 2 is 1.85 bits per heavy atom. The lowest BCUT2D eigenvalue weighted by molar-refractivity contribution is -0.147. The number of aliphatic carboxylic acids is 1. The Hall–Kier alpha value is -3.02. The van der Waals surface area contributed by atoms with Crippen LogP contribution in [0, 0.1) is 5.41 Å². The summed E-state index contributed by atoms with van der Waals surface area (Å²) in [5.74, 6) is -0.269. The second-order valence-electron chi connectivity index (χ2n) is 6.74. The zero-order valence-corrected chi connectivity index (χ0v) is 14.9. The molecule has 1 aliphatic heterocycles. The van der Waals surface area contributed by atoms with Crippen LogP contribution in [-0.2, 0) is 4.79 Å². The molecule has 6 nitrogen and oxygen atoms in total. The number of ether oxygens (including phenoxy) is 1. The summed E-state index contributed by atoms with van der Waals surface area (Å²) in [5, 5.41) is 12.6. The lowest BCUT2D eigenvalue weighted by atomic mass is 9.90. The van der Waals surface area contributed by atoms with Gasteiger partial charge in [0.2, 0.25) is 0 Å². The summed E-state index contributed by atoms with van der Waals surface area (Å²) in [4.78, 5) is 26.0. The first-order valence-electron chi connectivity index (χ1n) is 8.46. The van der Waals surface area contributed by atoms with E-state index in [1.807, 2.05) is 36.4 Å². The molecule has 0 saturated carbocycles. The second-order valence-corrected chi connectivity index (χ2v) is 6.74. The molecular weight excluding hydrogens is 332 g/mol. The van der Waals surface area contributed by atoms with Gasteiger partial charge in [-0.05, 0) is 49.7 Å². The average Bonchev–Trinajstić information content (AvgIpc) is 3.06. The Kier molecular flexibility index (Phi) is 4.84. The Labute approximate surface area is 152 Å². The molecule has 0 bridgehead atoms. The Balaban J connectivity index is 1.80. The number of benzene rings is 2. The van der Waals surface area contributed by atoms with E-state index in [1.165, 1.54) is 0 Å². The first-order chi connectivity index (χ1) is 12.4. The van der Waals surface area contributed by atoms with Gasteiger partial charge >= 0.3 is 5.97 Å². The summed E-state index contributed by atoms with van der Waals surface area (Å²) in [6.45, 7) is 2.35. The molecule has 1 amide bonds. The van der Waals surface area contributed by atoms with Gasteiger partial charge in [0.1, 0.15) is 5.75 Å². The minimum Gasteiger partial charge on any atom is -0.497 e. The van der Waals surface area contributed by atoms with Crippen molar-refractivity contribution in [1.29, 1.82) is 0 Å². The van der Waals surface area contributed by atoms with Crippen LogP contribution in [0.2, 0.25) is 0 Å². The Morgan fingerprint density at radius 1 is 1.15 bits per heavy atom. The molecule has 0 radical (unpaired) electrons. The molecule has 1 heterocycles. The molecule has 1 unspecified atom stereocenters. The van der Waals surface area contributed by atoms with Gasteiger partial charge in [0.05, 0.1) is 23.8 Å². The van der Waals surface area contributed by atoms with Crippen molar-refractivity contribution < 1.29 is 19.4 Å². The van der Waals surface area contributed by atoms with E-state index in [0.29, 0.717) is 24.2 Å². The van der Waals surface area contributed by atoms with E-state index < -0.39 is 11.4 Å². The number of rotatable bonds is 5. The van der Waals surface area contributed by atoms with Crippen LogP contribution in [0.1, 0.15) is 23.7 Å². The van der Waals surface area contributed by atoms with Crippen molar-refractivity contribution in [3.8, 4) is 5.75 Å². The van der Waals surface area contributed by atoms with E-state index in [1.54, 1.807) is 31.1 Å². The standard InChI is InChI=1S/C20H22N2O4/c1-20(19(24)25)11-12-22(13-20)18(23)16-5-3-4-6-17(16)21-14-7-9-15(26-2)10-8-14/h3-10,21H,11-13H2,1-2H3,(H,24,25). The maximum absolute atomic E-state index is 12.9. The fourth-order valence-corrected chi connectivity index (χ4v) is 3.09. The van der Waals surface area contributed by atoms with Crippen LogP contribution in [0.3, 0.4) is 0 Å². The quantitative estimate of drug-likeness (QED) is 0.861. The predicted molar refractivity (Wildman–Crippen MR) is 99.0 cm³/mol. The van der Waals surface area contributed by atoms with E-state index in [-0.39, 0.29) is 12.5 Å². The summed E-state index contributed by atoms with van der Waals surface area (Å²) in [6.07, 6.45) is 0.460. The third-order valence-electron chi connectivity index (χ3n) is 4.80. The minimum atomic E-state index is -0.881. The highest BCUT2D eigenvalue weighted by Crippen LogP contribution is 2.32. The molecule has 26 heavy (non-hydrogen) atoms. The van der Waals surface area contributed by atoms with E-state index >= 15 is 0 Å². The summed E-state index contributed by atoms with van der Waals surface area (Å²) >= 11 is 0. The largest absolute Gasteiger partial charge is 0.497 e. The highest BCUT2D eigenvalue weighted by atomic mass is 16.5. The summed E-state index contributed by atoms with van der Waals surface area (Å²) < 4.78 is 5.15. The second kappa shape index (κ2) is 7.07. The van der Waals surface area contributed by atoms with Crippen LogP contribution in [0.15, 0.2) is 48.5 Å². The van der Waals surface area contributed by atoms with Crippen LogP contribution < -0.4 is 10.1 Å². The summed E-state index contributed by atoms with van der Waals surface area (Å²) in [6, 6.07) is 14.7. The van der Waals surface area contributed by atoms with Gasteiger partial charge in [0.15, 0.2) is 0 Å². The highest BCUT2D eigenvalue weighted by molar-refractivity contribution is 6.00. The molecule has 2 N–H and O–H groups in total. The smallest absolute Gasteiger partial charge is 0.311 e. The van der Waals surface area contributed by atoms with Crippen LogP contribution >= 0.6 is 0 Å². The van der Waals surface area contributed by atoms with Crippen molar-refractivity contribution >= 4 is 23.3 Å². The van der Waals surface area contributed by atoms with Gasteiger partial charge < -0.3 is 20.1 Å². The third kappa shape index (κ3) is 3.49. The number of likely N-dealkylation sites (tertiary alicyclic amines) is 1. The third-order valence-corrected chi connectivity index (χ3v) is 4.80. The highest BCUT2D eigenvalue weighted by Gasteiger charge is 2.42. The molecule has 6 heteroatoms. The number of para-hydroxylation sites is 1. The molecule has 0 aromatic heterocycles. The van der Waals surface area contributed by atoms with Crippen molar-refractivity contribution in [1.82, 2.24) is 4.90 Å². The van der Waals surface area contributed by atoms with E-state index in [0.717, 1.165) is 11.4 Å². The number of carbonyl (C=O) groups excluding carboxylic acids is 1. The predicted octanol–water partition coefficient (Wildman–Crippen LogP) is 3.38. The van der Waals surface area contributed by atoms with Crippen LogP contribution in [0.4, 0.5) is 11.4 Å². The lowest BCUT2D eigenvalue weighted by Gasteiger charge is -2.21. The molecule has 2 aromatic carbocycles. The molecule has 3 rings (SSSR count). The lowest BCUT2D eigenvalue weighted by Crippen LogP contribution is -2.35. The molecule has 0 spiro atoms. The van der Waals surface area contributed by atoms with Gasteiger partial charge in [-0.15, -0.1) is 0 Å². The van der Waals surface area contributed by atoms with Crippen molar-refractivity contribution in [3.63, 3.8) is 0 Å². The molecule has 0 aliphatic carbocycles. The van der Waals surface area contributed by atoms with Crippen molar-refractivity contribution in [3.05, 3.63) is 54.1 Å². The zero-order valence-electron chi connectivity index (χ0n) is 14.9. The number of hydrogen-bond acceptors (Lipinski definition) is 4. The molecule has 1 aliphatic rings. The number of methoxy groups -OCH3 is 1. The number of carbonyl (C=O) groups is 2. The number of anilines is 2. The van der Waals surface area contributed by atoms with Crippen molar-refractivity contribution in [2.45, 2.75) is 13.3 Å². The number of nitrogens with zero attached hydrogens (tertiary/aromatic N) is 1. The molecule has 1 fully saturated rings. The first-order valence-corrected chi connectivity index (χ1v) is 8.46. The molecule has 1 saturated heterocycles. The van der Waals surface area contributed by atoms with Crippen LogP contribution in [0.25, 0.3) is 0 Å². The number of carboxylic acids is 1. The monoisotopic (exact) mass is 354 g/mol. The van der Waals surface area contributed by atoms with E-state index in [4.69, 9.17) is 4.74 Å². The SMILES string of the molecule is COc1ccc(Nc2ccccc2C(=O)N2CCC(C)(C(=O)O)C2)cc1. The van der Waals surface area contributed by atoms with Gasteiger partial charge in [-0.3, -0.25) is 9.59 Å². The fraction of sp³-hybridized carbons (Fsp3) is 0.300.